The molecule has 0 unspecified atom stereocenters. The van der Waals surface area contributed by atoms with Gasteiger partial charge in [-0.05, 0) is 18.9 Å². The van der Waals surface area contributed by atoms with Crippen LogP contribution in [-0.4, -0.2) is 58.0 Å². The Morgan fingerprint density at radius 1 is 0.762 bits per heavy atom. The third-order valence-electron chi connectivity index (χ3n) is 2.74. The fraction of sp³-hybridized carbons (Fsp3) is 0.875. The van der Waals surface area contributed by atoms with Crippen LogP contribution in [0.5, 0.6) is 0 Å². The van der Waals surface area contributed by atoms with Crippen LogP contribution in [0.3, 0.4) is 0 Å². The number of unbranched alkanes of at least 4 members (excludes halogenated alkanes) is 4. The zero-order valence-electron chi connectivity index (χ0n) is 13.4. The van der Waals surface area contributed by atoms with Gasteiger partial charge in [-0.25, -0.2) is 0 Å². The van der Waals surface area contributed by atoms with Gasteiger partial charge in [-0.1, -0.05) is 26.2 Å². The van der Waals surface area contributed by atoms with Crippen LogP contribution in [0.15, 0.2) is 12.3 Å². The number of hydrogen-bond acceptors (Lipinski definition) is 5. The highest BCUT2D eigenvalue weighted by Gasteiger charge is 1.91. The van der Waals surface area contributed by atoms with Crippen LogP contribution >= 0.6 is 0 Å². The third-order valence-corrected chi connectivity index (χ3v) is 2.74. The number of aliphatic hydroxyl groups is 1. The molecule has 0 amide bonds. The van der Waals surface area contributed by atoms with Crippen LogP contribution in [0, 0.1) is 0 Å². The predicted octanol–water partition coefficient (Wildman–Crippen LogP) is 2.53. The van der Waals surface area contributed by atoms with E-state index in [9.17, 15) is 0 Å². The third kappa shape index (κ3) is 19.4. The number of allylic oxidation sites excluding steroid dienone is 1. The molecule has 0 saturated carbocycles. The molecule has 0 bridgehead atoms. The highest BCUT2D eigenvalue weighted by Crippen LogP contribution is 2.02. The van der Waals surface area contributed by atoms with E-state index in [0.29, 0.717) is 46.2 Å². The van der Waals surface area contributed by atoms with Crippen molar-refractivity contribution in [3.05, 3.63) is 12.3 Å². The van der Waals surface area contributed by atoms with E-state index in [4.69, 9.17) is 24.1 Å². The van der Waals surface area contributed by atoms with Gasteiger partial charge in [0.25, 0.3) is 0 Å². The van der Waals surface area contributed by atoms with Gasteiger partial charge in [0.1, 0.15) is 6.61 Å². The van der Waals surface area contributed by atoms with Gasteiger partial charge in [-0.15, -0.1) is 0 Å². The molecule has 0 saturated heterocycles. The Hall–Kier alpha value is -0.620. The average Bonchev–Trinajstić information content (AvgIpc) is 2.50. The Morgan fingerprint density at radius 2 is 1.38 bits per heavy atom. The van der Waals surface area contributed by atoms with E-state index in [2.05, 4.69) is 13.0 Å². The van der Waals surface area contributed by atoms with Crippen LogP contribution in [0.2, 0.25) is 0 Å². The van der Waals surface area contributed by atoms with Crippen molar-refractivity contribution in [3.63, 3.8) is 0 Å². The van der Waals surface area contributed by atoms with Crippen molar-refractivity contribution in [2.24, 2.45) is 0 Å². The van der Waals surface area contributed by atoms with Crippen LogP contribution in [-0.2, 0) is 18.9 Å². The number of aliphatic hydroxyl groups excluding tert-OH is 1. The van der Waals surface area contributed by atoms with Crippen molar-refractivity contribution in [3.8, 4) is 0 Å². The van der Waals surface area contributed by atoms with E-state index in [-0.39, 0.29) is 6.61 Å². The number of ether oxygens (including phenoxy) is 4. The second-order valence-electron chi connectivity index (χ2n) is 4.65. The van der Waals surface area contributed by atoms with Crippen molar-refractivity contribution < 1.29 is 24.1 Å². The molecule has 0 rings (SSSR count). The molecule has 0 radical (unpaired) electrons. The minimum absolute atomic E-state index is 0.0519. The Balaban J connectivity index is 3.00. The molecule has 0 spiro atoms. The average molecular weight is 304 g/mol. The topological polar surface area (TPSA) is 57.2 Å². The van der Waals surface area contributed by atoms with Crippen molar-refractivity contribution in [2.45, 2.75) is 39.0 Å². The molecular weight excluding hydrogens is 272 g/mol. The fourth-order valence-corrected chi connectivity index (χ4v) is 1.61. The Labute approximate surface area is 129 Å². The molecule has 5 heteroatoms. The summed E-state index contributed by atoms with van der Waals surface area (Å²) in [5.41, 5.74) is 0. The maximum Gasteiger partial charge on any atom is 0.111 e. The van der Waals surface area contributed by atoms with Crippen LogP contribution in [0.4, 0.5) is 0 Å². The smallest absolute Gasteiger partial charge is 0.111 e. The molecule has 0 aromatic rings. The summed E-state index contributed by atoms with van der Waals surface area (Å²) in [7, 11) is 0. The minimum atomic E-state index is 0.0519. The standard InChI is InChI=1S/C16H32O5/c1-2-3-4-5-6-7-9-18-11-13-20-15-16-21-14-12-19-10-8-17/h7,9,17H,2-6,8,10-16H2,1H3. The normalized spacial score (nSPS) is 11.3. The van der Waals surface area contributed by atoms with Gasteiger partial charge in [0.05, 0.1) is 52.5 Å². The Bertz CT molecular complexity index is 209. The summed E-state index contributed by atoms with van der Waals surface area (Å²) in [5.74, 6) is 0. The van der Waals surface area contributed by atoms with Gasteiger partial charge in [-0.3, -0.25) is 0 Å². The van der Waals surface area contributed by atoms with Gasteiger partial charge < -0.3 is 24.1 Å². The van der Waals surface area contributed by atoms with Gasteiger partial charge in [0.15, 0.2) is 0 Å². The summed E-state index contributed by atoms with van der Waals surface area (Å²) in [6, 6.07) is 0. The summed E-state index contributed by atoms with van der Waals surface area (Å²) in [5, 5.41) is 8.49. The van der Waals surface area contributed by atoms with E-state index < -0.39 is 0 Å². The van der Waals surface area contributed by atoms with Gasteiger partial charge in [-0.2, -0.15) is 0 Å². The highest BCUT2D eigenvalue weighted by molar-refractivity contribution is 4.73. The molecule has 5 nitrogen and oxygen atoms in total. The second-order valence-corrected chi connectivity index (χ2v) is 4.65. The lowest BCUT2D eigenvalue weighted by atomic mass is 10.1. The summed E-state index contributed by atoms with van der Waals surface area (Å²) in [4.78, 5) is 0. The molecule has 0 heterocycles. The maximum atomic E-state index is 8.49. The van der Waals surface area contributed by atoms with E-state index in [1.165, 1.54) is 25.7 Å². The Morgan fingerprint density at radius 3 is 2.00 bits per heavy atom. The van der Waals surface area contributed by atoms with E-state index in [0.717, 1.165) is 6.42 Å². The molecule has 1 N–H and O–H groups in total. The molecule has 0 atom stereocenters. The van der Waals surface area contributed by atoms with Crippen LogP contribution in [0.25, 0.3) is 0 Å². The van der Waals surface area contributed by atoms with Gasteiger partial charge >= 0.3 is 0 Å². The van der Waals surface area contributed by atoms with Crippen molar-refractivity contribution in [1.29, 1.82) is 0 Å². The molecule has 0 aliphatic rings. The van der Waals surface area contributed by atoms with Crippen LogP contribution < -0.4 is 0 Å². The molecule has 0 fully saturated rings. The second kappa shape index (κ2) is 19.4. The minimum Gasteiger partial charge on any atom is -0.499 e. The zero-order chi connectivity index (χ0) is 15.4. The van der Waals surface area contributed by atoms with Crippen molar-refractivity contribution in [1.82, 2.24) is 0 Å². The fourth-order valence-electron chi connectivity index (χ4n) is 1.61. The number of rotatable bonds is 17. The first-order valence-electron chi connectivity index (χ1n) is 8.02. The molecule has 0 aromatic carbocycles. The lowest BCUT2D eigenvalue weighted by Gasteiger charge is -2.06. The quantitative estimate of drug-likeness (QED) is 0.330. The SMILES string of the molecule is CCCCCCC=COCCOCCOCCOCCO. The Kier molecular flexibility index (Phi) is 18.8. The monoisotopic (exact) mass is 304 g/mol. The summed E-state index contributed by atoms with van der Waals surface area (Å²) < 4.78 is 21.0. The molecule has 0 aliphatic heterocycles. The lowest BCUT2D eigenvalue weighted by Crippen LogP contribution is -2.12. The molecule has 0 aromatic heterocycles. The maximum absolute atomic E-state index is 8.49. The molecular formula is C16H32O5. The van der Waals surface area contributed by atoms with E-state index >= 15 is 0 Å². The molecule has 126 valence electrons. The summed E-state index contributed by atoms with van der Waals surface area (Å²) >= 11 is 0. The van der Waals surface area contributed by atoms with Crippen molar-refractivity contribution in [2.75, 3.05) is 52.9 Å². The van der Waals surface area contributed by atoms with E-state index in [1.807, 2.05) is 0 Å². The van der Waals surface area contributed by atoms with Crippen molar-refractivity contribution >= 4 is 0 Å². The lowest BCUT2D eigenvalue weighted by molar-refractivity contribution is 0.00133. The molecule has 0 aliphatic carbocycles. The summed E-state index contributed by atoms with van der Waals surface area (Å²) in [6.45, 7) is 5.93. The molecule has 21 heavy (non-hydrogen) atoms. The first kappa shape index (κ1) is 20.4. The van der Waals surface area contributed by atoms with Gasteiger partial charge in [0.2, 0.25) is 0 Å². The first-order valence-corrected chi connectivity index (χ1v) is 8.02. The van der Waals surface area contributed by atoms with Crippen LogP contribution in [0.1, 0.15) is 39.0 Å². The predicted molar refractivity (Wildman–Crippen MR) is 83.4 cm³/mol. The van der Waals surface area contributed by atoms with E-state index in [1.54, 1.807) is 6.26 Å². The number of hydrogen-bond donors (Lipinski definition) is 1. The first-order chi connectivity index (χ1) is 10.4. The van der Waals surface area contributed by atoms with Gasteiger partial charge in [0, 0.05) is 0 Å². The zero-order valence-corrected chi connectivity index (χ0v) is 13.4. The highest BCUT2D eigenvalue weighted by atomic mass is 16.6. The largest absolute Gasteiger partial charge is 0.499 e. The summed E-state index contributed by atoms with van der Waals surface area (Å²) in [6.07, 6.45) is 10.1.